The summed E-state index contributed by atoms with van der Waals surface area (Å²) in [6, 6.07) is 6.61. The molecule has 1 N–H and O–H groups in total. The van der Waals surface area contributed by atoms with Gasteiger partial charge in [0.15, 0.2) is 5.69 Å². The summed E-state index contributed by atoms with van der Waals surface area (Å²) in [7, 11) is 0. The van der Waals surface area contributed by atoms with Crippen molar-refractivity contribution in [2.75, 3.05) is 5.32 Å². The molecule has 0 spiro atoms. The molecular weight excluding hydrogens is 333 g/mol. The average molecular weight is 341 g/mol. The van der Waals surface area contributed by atoms with Crippen LogP contribution in [0.4, 0.5) is 23.7 Å². The highest BCUT2D eigenvalue weighted by Gasteiger charge is 2.37. The Morgan fingerprint density at radius 2 is 1.87 bits per heavy atom. The van der Waals surface area contributed by atoms with Crippen LogP contribution in [-0.2, 0) is 6.18 Å². The minimum absolute atomic E-state index is 0.0128. The Balaban J connectivity index is 2.02. The Morgan fingerprint density at radius 3 is 2.52 bits per heavy atom. The van der Waals surface area contributed by atoms with Crippen LogP contribution >= 0.6 is 11.6 Å². The maximum atomic E-state index is 13.0. The number of rotatable bonds is 1. The number of anilines is 1. The van der Waals surface area contributed by atoms with Gasteiger partial charge in [-0.05, 0) is 30.3 Å². The van der Waals surface area contributed by atoms with Gasteiger partial charge in [-0.25, -0.2) is 4.79 Å². The van der Waals surface area contributed by atoms with Crippen LogP contribution in [0.3, 0.4) is 0 Å². The molecule has 0 bridgehead atoms. The van der Waals surface area contributed by atoms with Crippen molar-refractivity contribution < 1.29 is 18.0 Å². The summed E-state index contributed by atoms with van der Waals surface area (Å²) in [4.78, 5) is 15.9. The summed E-state index contributed by atoms with van der Waals surface area (Å²) < 4.78 is 39.7. The number of carbonyl (C=O) groups is 1. The van der Waals surface area contributed by atoms with E-state index in [1.165, 1.54) is 24.4 Å². The predicted molar refractivity (Wildman–Crippen MR) is 78.4 cm³/mol. The van der Waals surface area contributed by atoms with Crippen LogP contribution in [0.1, 0.15) is 5.69 Å². The molecule has 0 fully saturated rings. The number of nitrogens with zero attached hydrogens (tertiary/aromatic N) is 3. The number of alkyl halides is 3. The molecule has 0 radical (unpaired) electrons. The number of aromatic nitrogens is 3. The molecule has 3 rings (SSSR count). The minimum atomic E-state index is -4.69. The first-order valence-electron chi connectivity index (χ1n) is 6.33. The second-order valence-corrected chi connectivity index (χ2v) is 5.02. The Hall–Kier alpha value is -2.61. The molecule has 1 aromatic carbocycles. The van der Waals surface area contributed by atoms with Crippen LogP contribution in [0, 0.1) is 0 Å². The molecule has 0 aliphatic heterocycles. The van der Waals surface area contributed by atoms with Crippen molar-refractivity contribution in [3.63, 3.8) is 0 Å². The van der Waals surface area contributed by atoms with E-state index in [1.54, 1.807) is 12.1 Å². The van der Waals surface area contributed by atoms with E-state index in [1.807, 2.05) is 0 Å². The van der Waals surface area contributed by atoms with Gasteiger partial charge in [0.2, 0.25) is 0 Å². The number of hydrogen-bond donors (Lipinski definition) is 1. The first-order chi connectivity index (χ1) is 10.9. The number of amides is 1. The summed E-state index contributed by atoms with van der Waals surface area (Å²) in [5.41, 5.74) is -0.767. The van der Waals surface area contributed by atoms with Crippen molar-refractivity contribution >= 4 is 34.2 Å². The number of nitrogens with one attached hydrogen (secondary N) is 1. The molecule has 0 aliphatic rings. The van der Waals surface area contributed by atoms with E-state index in [4.69, 9.17) is 11.6 Å². The van der Waals surface area contributed by atoms with Gasteiger partial charge in [-0.15, -0.1) is 0 Å². The van der Waals surface area contributed by atoms with E-state index >= 15 is 0 Å². The molecule has 2 aromatic heterocycles. The molecule has 3 aromatic rings. The third kappa shape index (κ3) is 2.98. The van der Waals surface area contributed by atoms with Crippen LogP contribution in [0.25, 0.3) is 10.9 Å². The molecule has 1 amide bonds. The summed E-state index contributed by atoms with van der Waals surface area (Å²) in [5.74, 6) is 0. The van der Waals surface area contributed by atoms with Gasteiger partial charge >= 0.3 is 12.2 Å². The second-order valence-electron chi connectivity index (χ2n) is 4.59. The van der Waals surface area contributed by atoms with Gasteiger partial charge in [0.1, 0.15) is 0 Å². The van der Waals surface area contributed by atoms with Crippen molar-refractivity contribution in [1.82, 2.24) is 14.8 Å². The zero-order chi connectivity index (χ0) is 16.6. The van der Waals surface area contributed by atoms with E-state index in [0.29, 0.717) is 15.4 Å². The number of fused-ring (bicyclic) bond motifs is 1. The van der Waals surface area contributed by atoms with Crippen LogP contribution in [0.5, 0.6) is 0 Å². The lowest BCUT2D eigenvalue weighted by molar-refractivity contribution is -0.140. The monoisotopic (exact) mass is 340 g/mol. The number of hydrogen-bond acceptors (Lipinski definition) is 3. The molecular formula is C14H8ClF3N4O. The van der Waals surface area contributed by atoms with E-state index in [9.17, 15) is 18.0 Å². The smallest absolute Gasteiger partial charge is 0.306 e. The Kier molecular flexibility index (Phi) is 3.69. The van der Waals surface area contributed by atoms with E-state index in [2.05, 4.69) is 15.4 Å². The van der Waals surface area contributed by atoms with Crippen molar-refractivity contribution in [1.29, 1.82) is 0 Å². The summed E-state index contributed by atoms with van der Waals surface area (Å²) in [6.45, 7) is 0. The van der Waals surface area contributed by atoms with Crippen molar-refractivity contribution in [3.05, 3.63) is 53.4 Å². The first-order valence-corrected chi connectivity index (χ1v) is 6.71. The van der Waals surface area contributed by atoms with Gasteiger partial charge < -0.3 is 5.32 Å². The van der Waals surface area contributed by atoms with Gasteiger partial charge in [0, 0.05) is 23.1 Å². The molecule has 0 aliphatic carbocycles. The molecule has 5 nitrogen and oxygen atoms in total. The third-order valence-corrected chi connectivity index (χ3v) is 3.29. The van der Waals surface area contributed by atoms with Gasteiger partial charge in [-0.1, -0.05) is 11.6 Å². The Bertz CT molecular complexity index is 874. The normalized spacial score (nSPS) is 11.7. The lowest BCUT2D eigenvalue weighted by Crippen LogP contribution is -2.21. The fraction of sp³-hybridized carbons (Fsp3) is 0.0714. The van der Waals surface area contributed by atoms with Crippen LogP contribution in [0.15, 0.2) is 42.7 Å². The Morgan fingerprint density at radius 1 is 1.17 bits per heavy atom. The quantitative estimate of drug-likeness (QED) is 0.722. The molecule has 0 unspecified atom stereocenters. The number of halogens is 4. The predicted octanol–water partition coefficient (Wildman–Crippen LogP) is 4.18. The van der Waals surface area contributed by atoms with Crippen molar-refractivity contribution in [2.24, 2.45) is 0 Å². The zero-order valence-corrected chi connectivity index (χ0v) is 12.1. The third-order valence-electron chi connectivity index (χ3n) is 3.04. The number of benzene rings is 1. The maximum absolute atomic E-state index is 13.0. The van der Waals surface area contributed by atoms with Crippen LogP contribution in [-0.4, -0.2) is 20.8 Å². The second kappa shape index (κ2) is 5.54. The lowest BCUT2D eigenvalue weighted by atomic mass is 10.2. The van der Waals surface area contributed by atoms with E-state index < -0.39 is 17.9 Å². The maximum Gasteiger partial charge on any atom is 0.435 e. The molecule has 2 heterocycles. The van der Waals surface area contributed by atoms with E-state index in [-0.39, 0.29) is 10.9 Å². The highest BCUT2D eigenvalue weighted by molar-refractivity contribution is 6.30. The highest BCUT2D eigenvalue weighted by Crippen LogP contribution is 2.33. The fourth-order valence-electron chi connectivity index (χ4n) is 2.04. The van der Waals surface area contributed by atoms with Gasteiger partial charge in [0.05, 0.1) is 10.9 Å². The Labute approximate surface area is 132 Å². The number of pyridine rings is 1. The zero-order valence-electron chi connectivity index (χ0n) is 11.3. The highest BCUT2D eigenvalue weighted by atomic mass is 35.5. The lowest BCUT2D eigenvalue weighted by Gasteiger charge is -2.06. The van der Waals surface area contributed by atoms with Crippen molar-refractivity contribution in [3.8, 4) is 0 Å². The molecule has 0 saturated carbocycles. The first kappa shape index (κ1) is 15.3. The van der Waals surface area contributed by atoms with Gasteiger partial charge in [0.25, 0.3) is 0 Å². The summed E-state index contributed by atoms with van der Waals surface area (Å²) in [5, 5.41) is 6.07. The van der Waals surface area contributed by atoms with Crippen molar-refractivity contribution in [2.45, 2.75) is 6.18 Å². The molecule has 23 heavy (non-hydrogen) atoms. The summed E-state index contributed by atoms with van der Waals surface area (Å²) in [6.07, 6.45) is -2.37. The summed E-state index contributed by atoms with van der Waals surface area (Å²) >= 11 is 5.73. The minimum Gasteiger partial charge on any atom is -0.306 e. The van der Waals surface area contributed by atoms with Crippen LogP contribution in [0.2, 0.25) is 5.02 Å². The molecule has 0 saturated heterocycles. The van der Waals surface area contributed by atoms with Gasteiger partial charge in [-0.3, -0.25) is 4.98 Å². The SMILES string of the molecule is O=C(Nc1ccc(Cl)cc1)n1nc(C(F)(F)F)c2cnccc21. The topological polar surface area (TPSA) is 59.8 Å². The largest absolute Gasteiger partial charge is 0.435 e. The average Bonchev–Trinajstić information content (AvgIpc) is 2.89. The standard InChI is InChI=1S/C14H8ClF3N4O/c15-8-1-3-9(4-2-8)20-13(23)22-11-5-6-19-7-10(11)12(21-22)14(16,17)18/h1-7H,(H,20,23). The van der Waals surface area contributed by atoms with Crippen LogP contribution < -0.4 is 5.32 Å². The van der Waals surface area contributed by atoms with Gasteiger partial charge in [-0.2, -0.15) is 23.0 Å². The molecule has 0 atom stereocenters. The molecule has 118 valence electrons. The fourth-order valence-corrected chi connectivity index (χ4v) is 2.16. The molecule has 9 heteroatoms. The van der Waals surface area contributed by atoms with E-state index in [0.717, 1.165) is 6.20 Å². The number of carbonyl (C=O) groups excluding carboxylic acids is 1.